The number of rotatable bonds is 7. The summed E-state index contributed by atoms with van der Waals surface area (Å²) in [7, 11) is 0. The number of aliphatic hydroxyl groups excluding tert-OH is 6. The van der Waals surface area contributed by atoms with E-state index in [4.69, 9.17) is 18.9 Å². The molecule has 1 unspecified atom stereocenters. The van der Waals surface area contributed by atoms with Crippen molar-refractivity contribution in [3.63, 3.8) is 0 Å². The highest BCUT2D eigenvalue weighted by Gasteiger charge is 2.88. The molecule has 0 amide bonds. The molecule has 8 N–H and O–H groups in total. The smallest absolute Gasteiger partial charge is 0.282 e. The summed E-state index contributed by atoms with van der Waals surface area (Å²) in [5.74, 6) is -9.75. The topological polar surface area (TPSA) is 202 Å². The zero-order valence-corrected chi connectivity index (χ0v) is 14.6. The van der Waals surface area contributed by atoms with Crippen LogP contribution in [0.3, 0.4) is 0 Å². The first kappa shape index (κ1) is 21.2. The summed E-state index contributed by atoms with van der Waals surface area (Å²) in [5, 5.41) is 80.2. The van der Waals surface area contributed by atoms with Crippen LogP contribution in [-0.4, -0.2) is 114 Å². The second kappa shape index (κ2) is 6.79. The molecule has 3 rings (SSSR count). The molecule has 0 radical (unpaired) electrons. The third kappa shape index (κ3) is 2.68. The van der Waals surface area contributed by atoms with Crippen molar-refractivity contribution < 1.29 is 59.8 Å². The number of epoxide rings is 1. The summed E-state index contributed by atoms with van der Waals surface area (Å²) in [6, 6.07) is 0. The Hall–Kier alpha value is -0.480. The predicted molar refractivity (Wildman–Crippen MR) is 81.5 cm³/mol. The molecule has 3 saturated heterocycles. The molecule has 27 heavy (non-hydrogen) atoms. The minimum absolute atomic E-state index is 0.174. The highest BCUT2D eigenvalue weighted by Crippen LogP contribution is 2.61. The lowest BCUT2D eigenvalue weighted by Crippen LogP contribution is -2.69. The van der Waals surface area contributed by atoms with Gasteiger partial charge in [-0.15, -0.1) is 0 Å². The largest absolute Gasteiger partial charge is 0.394 e. The average Bonchev–Trinajstić information content (AvgIpc) is 3.17. The maximum Gasteiger partial charge on any atom is 0.282 e. The fourth-order valence-electron chi connectivity index (χ4n) is 3.82. The first-order valence-corrected chi connectivity index (χ1v) is 8.67. The summed E-state index contributed by atoms with van der Waals surface area (Å²) in [6.45, 7) is -0.818. The van der Waals surface area contributed by atoms with Gasteiger partial charge in [-0.25, -0.2) is 0 Å². The van der Waals surface area contributed by atoms with E-state index in [1.165, 1.54) is 0 Å². The fraction of sp³-hybridized carbons (Fsp3) is 1.00. The van der Waals surface area contributed by atoms with Gasteiger partial charge in [-0.05, 0) is 0 Å². The van der Waals surface area contributed by atoms with Gasteiger partial charge in [0.05, 0.1) is 13.2 Å². The van der Waals surface area contributed by atoms with Gasteiger partial charge < -0.3 is 59.8 Å². The third-order valence-electron chi connectivity index (χ3n) is 5.36. The molecule has 0 bridgehead atoms. The van der Waals surface area contributed by atoms with Crippen molar-refractivity contribution in [1.29, 1.82) is 0 Å². The van der Waals surface area contributed by atoms with E-state index in [2.05, 4.69) is 0 Å². The van der Waals surface area contributed by atoms with Crippen molar-refractivity contribution in [2.45, 2.75) is 73.4 Å². The first-order chi connectivity index (χ1) is 12.6. The van der Waals surface area contributed by atoms with Crippen LogP contribution < -0.4 is 0 Å². The summed E-state index contributed by atoms with van der Waals surface area (Å²) in [6.07, 6.45) is -7.92. The van der Waals surface area contributed by atoms with Gasteiger partial charge in [-0.3, -0.25) is 0 Å². The Morgan fingerprint density at radius 1 is 0.926 bits per heavy atom. The van der Waals surface area contributed by atoms with Crippen molar-refractivity contribution in [2.75, 3.05) is 19.8 Å². The second-order valence-corrected chi connectivity index (χ2v) is 7.08. The van der Waals surface area contributed by atoms with Crippen LogP contribution in [0.2, 0.25) is 0 Å². The molecule has 12 heteroatoms. The Bertz CT molecular complexity index is 563. The molecular formula is C15H26O12. The van der Waals surface area contributed by atoms with Gasteiger partial charge in [0, 0.05) is 6.42 Å². The third-order valence-corrected chi connectivity index (χ3v) is 5.36. The number of ether oxygens (including phenoxy) is 4. The van der Waals surface area contributed by atoms with E-state index >= 15 is 0 Å². The van der Waals surface area contributed by atoms with Gasteiger partial charge in [-0.2, -0.15) is 0 Å². The Morgan fingerprint density at radius 2 is 1.56 bits per heavy atom. The van der Waals surface area contributed by atoms with Crippen LogP contribution in [0.4, 0.5) is 0 Å². The molecule has 0 aromatic rings. The number of hydrogen-bond acceptors (Lipinski definition) is 12. The lowest BCUT2D eigenvalue weighted by atomic mass is 9.89. The van der Waals surface area contributed by atoms with Crippen LogP contribution >= 0.6 is 0 Å². The van der Waals surface area contributed by atoms with Crippen LogP contribution in [0.25, 0.3) is 0 Å². The van der Waals surface area contributed by atoms with Gasteiger partial charge in [0.2, 0.25) is 11.6 Å². The van der Waals surface area contributed by atoms with Crippen LogP contribution in [0, 0.1) is 0 Å². The van der Waals surface area contributed by atoms with E-state index in [1.54, 1.807) is 6.92 Å². The van der Waals surface area contributed by atoms with E-state index < -0.39 is 73.5 Å². The first-order valence-electron chi connectivity index (χ1n) is 8.67. The Morgan fingerprint density at radius 3 is 2.04 bits per heavy atom. The molecule has 0 aliphatic carbocycles. The number of fused-ring (bicyclic) bond motifs is 1. The molecule has 0 aromatic heterocycles. The van der Waals surface area contributed by atoms with Crippen molar-refractivity contribution in [1.82, 2.24) is 0 Å². The highest BCUT2D eigenvalue weighted by molar-refractivity contribution is 5.19. The normalized spacial score (nSPS) is 54.8. The molecule has 3 aliphatic rings. The van der Waals surface area contributed by atoms with Gasteiger partial charge >= 0.3 is 0 Å². The average molecular weight is 398 g/mol. The maximum atomic E-state index is 10.8. The minimum atomic E-state index is -2.60. The molecule has 3 aliphatic heterocycles. The standard InChI is InChI=1S/C15H26O12/c1-2-3-13(15(23)14(22,27-15)10(20)8(5-17)25-13)26-12(6-18)11(21)9(19)7(4-16)24-12/h7-11,16-23H,2-6H2,1H3/t7-,8-,9-,10-,11+,12?,13+,14-,15-/m1/s1. The molecule has 12 nitrogen and oxygen atoms in total. The minimum Gasteiger partial charge on any atom is -0.394 e. The number of aliphatic hydroxyl groups is 8. The fourth-order valence-corrected chi connectivity index (χ4v) is 3.82. The zero-order chi connectivity index (χ0) is 20.3. The van der Waals surface area contributed by atoms with Crippen LogP contribution in [-0.2, 0) is 18.9 Å². The second-order valence-electron chi connectivity index (χ2n) is 7.08. The maximum absolute atomic E-state index is 10.8. The lowest BCUT2D eigenvalue weighted by molar-refractivity contribution is -0.441. The molecule has 9 atom stereocenters. The summed E-state index contributed by atoms with van der Waals surface area (Å²) < 4.78 is 21.5. The van der Waals surface area contributed by atoms with Crippen molar-refractivity contribution in [3.8, 4) is 0 Å². The van der Waals surface area contributed by atoms with Gasteiger partial charge in [0.1, 0.15) is 37.1 Å². The monoisotopic (exact) mass is 398 g/mol. The van der Waals surface area contributed by atoms with E-state index in [0.717, 1.165) is 0 Å². The molecule has 3 fully saturated rings. The summed E-state index contributed by atoms with van der Waals surface area (Å²) in [5.41, 5.74) is 0. The quantitative estimate of drug-likeness (QED) is 0.191. The zero-order valence-electron chi connectivity index (χ0n) is 14.6. The Kier molecular flexibility index (Phi) is 5.34. The Labute approximate surface area is 154 Å². The van der Waals surface area contributed by atoms with E-state index in [9.17, 15) is 40.9 Å². The van der Waals surface area contributed by atoms with Crippen LogP contribution in [0.5, 0.6) is 0 Å². The van der Waals surface area contributed by atoms with E-state index in [1.807, 2.05) is 0 Å². The molecular weight excluding hydrogens is 372 g/mol. The SMILES string of the molecule is CCC[C@@]1(OC2(CO)O[C@H](CO)[C@@H](O)[C@@H]2O)O[C@H](CO)[C@@H](O)[C@@]2(O)O[C@]12O. The molecule has 3 heterocycles. The van der Waals surface area contributed by atoms with E-state index in [-0.39, 0.29) is 12.8 Å². The predicted octanol–water partition coefficient (Wildman–Crippen LogP) is -4.54. The van der Waals surface area contributed by atoms with Crippen molar-refractivity contribution in [3.05, 3.63) is 0 Å². The highest BCUT2D eigenvalue weighted by atomic mass is 16.9. The van der Waals surface area contributed by atoms with Gasteiger partial charge in [0.25, 0.3) is 11.6 Å². The van der Waals surface area contributed by atoms with Crippen molar-refractivity contribution >= 4 is 0 Å². The lowest BCUT2D eigenvalue weighted by Gasteiger charge is -2.48. The molecule has 0 saturated carbocycles. The van der Waals surface area contributed by atoms with Gasteiger partial charge in [0.15, 0.2) is 0 Å². The summed E-state index contributed by atoms with van der Waals surface area (Å²) in [4.78, 5) is 0. The number of hydrogen-bond donors (Lipinski definition) is 8. The van der Waals surface area contributed by atoms with Crippen LogP contribution in [0.1, 0.15) is 19.8 Å². The molecule has 0 aromatic carbocycles. The van der Waals surface area contributed by atoms with Crippen LogP contribution in [0.15, 0.2) is 0 Å². The van der Waals surface area contributed by atoms with E-state index in [0.29, 0.717) is 0 Å². The summed E-state index contributed by atoms with van der Waals surface area (Å²) >= 11 is 0. The molecule has 0 spiro atoms. The molecule has 158 valence electrons. The van der Waals surface area contributed by atoms with Gasteiger partial charge in [-0.1, -0.05) is 13.3 Å². The van der Waals surface area contributed by atoms with Crippen molar-refractivity contribution in [2.24, 2.45) is 0 Å². The Balaban J connectivity index is 2.00.